The van der Waals surface area contributed by atoms with Crippen LogP contribution in [0.2, 0.25) is 0 Å². The van der Waals surface area contributed by atoms with E-state index in [0.29, 0.717) is 29.7 Å². The normalized spacial score (nSPS) is 16.1. The number of fused-ring (bicyclic) bond motifs is 1. The number of nitrogens with zero attached hydrogens (tertiary/aromatic N) is 2. The summed E-state index contributed by atoms with van der Waals surface area (Å²) in [6.45, 7) is 1.73. The molecule has 13 heteroatoms. The zero-order valence-electron chi connectivity index (χ0n) is 23.2. The molecule has 4 aromatic rings. The fourth-order valence-electron chi connectivity index (χ4n) is 5.36. The first-order chi connectivity index (χ1) is 20.6. The molecule has 3 aromatic carbocycles. The van der Waals surface area contributed by atoms with E-state index in [4.69, 9.17) is 5.73 Å². The molecule has 43 heavy (non-hydrogen) atoms. The number of amides is 2. The van der Waals surface area contributed by atoms with Crippen LogP contribution in [-0.4, -0.2) is 44.3 Å². The quantitative estimate of drug-likeness (QED) is 0.238. The van der Waals surface area contributed by atoms with Crippen molar-refractivity contribution >= 4 is 51.0 Å². The fourth-order valence-corrected chi connectivity index (χ4v) is 5.92. The Hall–Kier alpha value is -4.62. The van der Waals surface area contributed by atoms with E-state index in [9.17, 15) is 22.7 Å². The predicted octanol–water partition coefficient (Wildman–Crippen LogP) is 5.34. The Labute approximate surface area is 248 Å². The molecule has 10 nitrogen and oxygen atoms in total. The lowest BCUT2D eigenvalue weighted by Crippen LogP contribution is -2.38. The van der Waals surface area contributed by atoms with E-state index in [1.54, 1.807) is 30.5 Å². The molecule has 2 heterocycles. The molecule has 1 aliphatic heterocycles. The molecule has 4 N–H and O–H groups in total. The van der Waals surface area contributed by atoms with Crippen LogP contribution in [0.1, 0.15) is 41.6 Å². The highest BCUT2D eigenvalue weighted by Crippen LogP contribution is 2.39. The van der Waals surface area contributed by atoms with Crippen molar-refractivity contribution in [3.8, 4) is 0 Å². The van der Waals surface area contributed by atoms with Gasteiger partial charge >= 0.3 is 6.09 Å². The monoisotopic (exact) mass is 608 g/mol. The second-order valence-electron chi connectivity index (χ2n) is 10.1. The van der Waals surface area contributed by atoms with Crippen LogP contribution in [0.5, 0.6) is 0 Å². The summed E-state index contributed by atoms with van der Waals surface area (Å²) in [7, 11) is 1.19. The summed E-state index contributed by atoms with van der Waals surface area (Å²) >= 11 is -2.66. The Bertz CT molecular complexity index is 1750. The van der Waals surface area contributed by atoms with E-state index in [1.165, 1.54) is 43.2 Å². The molecule has 0 spiro atoms. The molecule has 0 radical (unpaired) electrons. The van der Waals surface area contributed by atoms with Gasteiger partial charge in [0.1, 0.15) is 23.5 Å². The van der Waals surface area contributed by atoms with E-state index < -0.39 is 46.8 Å². The van der Waals surface area contributed by atoms with Crippen LogP contribution in [0.3, 0.4) is 0 Å². The van der Waals surface area contributed by atoms with Crippen molar-refractivity contribution < 1.29 is 31.9 Å². The number of methoxy groups -OCH3 is 1. The molecule has 1 saturated heterocycles. The molecule has 0 saturated carbocycles. The fraction of sp³-hybridized carbons (Fsp3) is 0.233. The van der Waals surface area contributed by atoms with Gasteiger partial charge in [-0.15, -0.1) is 0 Å². The smallest absolute Gasteiger partial charge is 0.411 e. The molecule has 0 aliphatic carbocycles. The minimum absolute atomic E-state index is 0.0471. The molecule has 1 fully saturated rings. The third-order valence-electron chi connectivity index (χ3n) is 7.46. The van der Waals surface area contributed by atoms with Gasteiger partial charge in [0.25, 0.3) is 0 Å². The molecule has 1 aliphatic rings. The number of halogens is 2. The van der Waals surface area contributed by atoms with Gasteiger partial charge in [0.05, 0.1) is 13.2 Å². The van der Waals surface area contributed by atoms with E-state index in [2.05, 4.69) is 20.4 Å². The Balaban J connectivity index is 1.57. The number of ether oxygens (including phenoxy) is 1. The van der Waals surface area contributed by atoms with Gasteiger partial charge in [0.2, 0.25) is 5.91 Å². The highest BCUT2D eigenvalue weighted by molar-refractivity contribution is 7.79. The first-order valence-electron chi connectivity index (χ1n) is 13.3. The number of rotatable bonds is 7. The topological polar surface area (TPSA) is 150 Å². The Morgan fingerprint density at radius 3 is 2.63 bits per heavy atom. The second kappa shape index (κ2) is 12.3. The highest BCUT2D eigenvalue weighted by atomic mass is 32.2. The van der Waals surface area contributed by atoms with Crippen molar-refractivity contribution in [2.75, 3.05) is 30.0 Å². The third-order valence-corrected chi connectivity index (χ3v) is 8.19. The minimum atomic E-state index is -2.66. The first kappa shape index (κ1) is 29.9. The number of likely N-dealkylation sites (tertiary alicyclic amines) is 1. The van der Waals surface area contributed by atoms with Crippen molar-refractivity contribution in [3.63, 3.8) is 0 Å². The number of nitrogen functional groups attached to an aromatic ring is 1. The summed E-state index contributed by atoms with van der Waals surface area (Å²) < 4.78 is 58.5. The Kier molecular flexibility index (Phi) is 8.55. The summed E-state index contributed by atoms with van der Waals surface area (Å²) in [6, 6.07) is 11.1. The van der Waals surface area contributed by atoms with Crippen molar-refractivity contribution in [3.05, 3.63) is 89.1 Å². The second-order valence-corrected chi connectivity index (χ2v) is 11.0. The van der Waals surface area contributed by atoms with Gasteiger partial charge < -0.3 is 25.2 Å². The number of anilines is 3. The van der Waals surface area contributed by atoms with Crippen molar-refractivity contribution in [1.82, 2.24) is 9.88 Å². The summed E-state index contributed by atoms with van der Waals surface area (Å²) in [4.78, 5) is 31.6. The van der Waals surface area contributed by atoms with Gasteiger partial charge in [0.15, 0.2) is 0 Å². The largest absolute Gasteiger partial charge is 0.768 e. The Morgan fingerprint density at radius 2 is 1.88 bits per heavy atom. The lowest BCUT2D eigenvalue weighted by molar-refractivity contribution is -0.133. The molecule has 1 aromatic heterocycles. The van der Waals surface area contributed by atoms with E-state index in [-0.39, 0.29) is 33.8 Å². The zero-order valence-corrected chi connectivity index (χ0v) is 24.0. The van der Waals surface area contributed by atoms with Crippen molar-refractivity contribution in [2.45, 2.75) is 36.7 Å². The van der Waals surface area contributed by atoms with Gasteiger partial charge in [-0.1, -0.05) is 0 Å². The summed E-state index contributed by atoms with van der Waals surface area (Å²) in [5.41, 5.74) is 7.09. The molecule has 224 valence electrons. The summed E-state index contributed by atoms with van der Waals surface area (Å²) in [5, 5.41) is 7.05. The standard InChI is InChI=1S/C30H29F2N5O5S/c1-16-12-21(24(32)15-23(16)31)27(35-18-5-7-20-17(13-18)9-10-34-28(20)33)29(38)37-11-3-4-25(37)22-14-19(36-30(39)42-2)6-8-26(22)43(40)41/h5-10,12-15,25,27,35H,3-4,11H2,1-2H3,(H2,33,34)(H,36,39)(H,40,41)/p-1/t25-,27+/m1/s1. The summed E-state index contributed by atoms with van der Waals surface area (Å²) in [6.07, 6.45) is 1.75. The van der Waals surface area contributed by atoms with Crippen LogP contribution in [0.4, 0.5) is 30.8 Å². The maximum atomic E-state index is 15.3. The number of nitrogens with one attached hydrogen (secondary N) is 2. The molecule has 3 atom stereocenters. The van der Waals surface area contributed by atoms with Gasteiger partial charge in [0, 0.05) is 46.0 Å². The average Bonchev–Trinajstić information content (AvgIpc) is 3.47. The first-order valence-corrected chi connectivity index (χ1v) is 14.4. The number of nitrogens with two attached hydrogens (primary N) is 1. The van der Waals surface area contributed by atoms with Crippen LogP contribution in [0, 0.1) is 18.6 Å². The van der Waals surface area contributed by atoms with Crippen LogP contribution >= 0.6 is 0 Å². The van der Waals surface area contributed by atoms with Gasteiger partial charge in [-0.2, -0.15) is 0 Å². The zero-order chi connectivity index (χ0) is 30.8. The minimum Gasteiger partial charge on any atom is -0.768 e. The molecular weight excluding hydrogens is 580 g/mol. The van der Waals surface area contributed by atoms with E-state index in [1.807, 2.05) is 0 Å². The van der Waals surface area contributed by atoms with Crippen LogP contribution in [-0.2, 0) is 20.6 Å². The van der Waals surface area contributed by atoms with E-state index in [0.717, 1.165) is 11.5 Å². The number of carbonyl (C=O) groups excluding carboxylic acids is 2. The predicted molar refractivity (Wildman–Crippen MR) is 157 cm³/mol. The SMILES string of the molecule is COC(=O)Nc1ccc(S(=O)[O-])c([C@H]2CCCN2C(=O)[C@@H](Nc2ccc3c(N)nccc3c2)c2cc(C)c(F)cc2F)c1. The number of hydrogen-bond donors (Lipinski definition) is 3. The molecule has 2 amide bonds. The number of pyridine rings is 1. The van der Waals surface area contributed by atoms with Gasteiger partial charge in [-0.25, -0.2) is 18.6 Å². The summed E-state index contributed by atoms with van der Waals surface area (Å²) in [5.74, 6) is -1.88. The van der Waals surface area contributed by atoms with E-state index >= 15 is 4.39 Å². The third kappa shape index (κ3) is 6.13. The Morgan fingerprint density at radius 1 is 1.12 bits per heavy atom. The number of aryl methyl sites for hydroxylation is 1. The van der Waals surface area contributed by atoms with Gasteiger partial charge in [-0.05, 0) is 95.9 Å². The average molecular weight is 609 g/mol. The molecule has 1 unspecified atom stereocenters. The lowest BCUT2D eigenvalue weighted by Gasteiger charge is -2.32. The molecule has 5 rings (SSSR count). The number of hydrogen-bond acceptors (Lipinski definition) is 8. The van der Waals surface area contributed by atoms with Crippen molar-refractivity contribution in [1.29, 1.82) is 0 Å². The number of benzene rings is 3. The maximum absolute atomic E-state index is 15.3. The number of aromatic nitrogens is 1. The number of carbonyl (C=O) groups is 2. The lowest BCUT2D eigenvalue weighted by atomic mass is 9.99. The maximum Gasteiger partial charge on any atom is 0.411 e. The molecular formula is C30H28F2N5O5S-. The van der Waals surface area contributed by atoms with Crippen LogP contribution in [0.15, 0.2) is 65.7 Å². The van der Waals surface area contributed by atoms with Crippen LogP contribution < -0.4 is 16.4 Å². The van der Waals surface area contributed by atoms with Gasteiger partial charge in [-0.3, -0.25) is 14.3 Å². The highest BCUT2D eigenvalue weighted by Gasteiger charge is 2.37. The van der Waals surface area contributed by atoms with Crippen molar-refractivity contribution in [2.24, 2.45) is 0 Å². The van der Waals surface area contributed by atoms with Crippen LogP contribution in [0.25, 0.3) is 10.8 Å². The molecule has 0 bridgehead atoms.